The van der Waals surface area contributed by atoms with Crippen molar-refractivity contribution in [3.05, 3.63) is 0 Å². The van der Waals surface area contributed by atoms with Crippen molar-refractivity contribution in [2.45, 2.75) is 44.9 Å². The molecular weight excluding hydrogens is 226 g/mol. The summed E-state index contributed by atoms with van der Waals surface area (Å²) in [5.74, 6) is 0. The molecule has 0 aromatic heterocycles. The zero-order chi connectivity index (χ0) is 13.6. The van der Waals surface area contributed by atoms with Crippen molar-refractivity contribution >= 4 is 12.4 Å². The molecule has 1 saturated heterocycles. The third-order valence-electron chi connectivity index (χ3n) is 2.11. The predicted molar refractivity (Wildman–Crippen MR) is 61.6 cm³/mol. The molecule has 0 radical (unpaired) electrons. The third-order valence-corrected chi connectivity index (χ3v) is 2.11. The van der Waals surface area contributed by atoms with Crippen molar-refractivity contribution in [3.8, 4) is 0 Å². The van der Waals surface area contributed by atoms with Crippen LogP contribution in [0.2, 0.25) is 0 Å². The number of β-amino-alcohol motifs (C(OH)–C–C–N with tert-alkyl or cyclic N) is 1. The first-order valence-electron chi connectivity index (χ1n) is 5.41. The molecule has 2 atom stereocenters. The number of aliphatic hydroxyl groups excluding tert-OH is 2. The van der Waals surface area contributed by atoms with Crippen molar-refractivity contribution < 1.29 is 24.5 Å². The molecule has 0 aromatic carbocycles. The van der Waals surface area contributed by atoms with Crippen LogP contribution < -0.4 is 0 Å². The summed E-state index contributed by atoms with van der Waals surface area (Å²) < 4.78 is 5.12. The number of carbonyl (C=O) groups excluding carboxylic acids is 2. The Hall–Kier alpha value is -1.14. The van der Waals surface area contributed by atoms with Crippen LogP contribution in [0.5, 0.6) is 0 Å². The minimum Gasteiger partial charge on any atom is -0.444 e. The highest BCUT2D eigenvalue weighted by molar-refractivity contribution is 5.74. The first-order valence-corrected chi connectivity index (χ1v) is 5.41. The van der Waals surface area contributed by atoms with Gasteiger partial charge in [0.25, 0.3) is 0 Å². The predicted octanol–water partition coefficient (Wildman–Crippen LogP) is 0.164. The second-order valence-corrected chi connectivity index (χ2v) is 4.73. The van der Waals surface area contributed by atoms with E-state index in [1.54, 1.807) is 20.8 Å². The number of amides is 1. The molecule has 0 spiro atoms. The molecule has 6 nitrogen and oxygen atoms in total. The van der Waals surface area contributed by atoms with Gasteiger partial charge in [0.05, 0.1) is 18.7 Å². The van der Waals surface area contributed by atoms with Crippen molar-refractivity contribution in [1.82, 2.24) is 4.90 Å². The average molecular weight is 247 g/mol. The highest BCUT2D eigenvalue weighted by Gasteiger charge is 2.36. The van der Waals surface area contributed by atoms with E-state index in [-0.39, 0.29) is 6.54 Å². The van der Waals surface area contributed by atoms with E-state index in [9.17, 15) is 14.7 Å². The normalized spacial score (nSPS) is 23.8. The summed E-state index contributed by atoms with van der Waals surface area (Å²) in [5.41, 5.74) is -0.585. The van der Waals surface area contributed by atoms with E-state index in [1.807, 2.05) is 0 Å². The fourth-order valence-corrected chi connectivity index (χ4v) is 1.50. The van der Waals surface area contributed by atoms with Gasteiger partial charge >= 0.3 is 6.09 Å². The highest BCUT2D eigenvalue weighted by Crippen LogP contribution is 2.19. The summed E-state index contributed by atoms with van der Waals surface area (Å²) in [5, 5.41) is 16.3. The number of carbonyl (C=O) groups is 2. The number of hydrogen-bond donors (Lipinski definition) is 2. The molecule has 0 saturated carbocycles. The summed E-state index contributed by atoms with van der Waals surface area (Å²) >= 11 is 0. The van der Waals surface area contributed by atoms with Gasteiger partial charge in [-0.3, -0.25) is 4.90 Å². The van der Waals surface area contributed by atoms with Gasteiger partial charge in [0.2, 0.25) is 0 Å². The van der Waals surface area contributed by atoms with Gasteiger partial charge in [-0.25, -0.2) is 4.79 Å². The summed E-state index contributed by atoms with van der Waals surface area (Å²) in [4.78, 5) is 23.5. The first-order chi connectivity index (χ1) is 7.83. The second kappa shape index (κ2) is 6.56. The molecule has 2 unspecified atom stereocenters. The van der Waals surface area contributed by atoms with Gasteiger partial charge in [0.1, 0.15) is 11.9 Å². The number of aldehydes is 1. The van der Waals surface area contributed by atoms with Crippen LogP contribution in [-0.4, -0.2) is 58.9 Å². The van der Waals surface area contributed by atoms with Crippen LogP contribution in [0.15, 0.2) is 0 Å². The second-order valence-electron chi connectivity index (χ2n) is 4.73. The Labute approximate surface area is 101 Å². The monoisotopic (exact) mass is 247 g/mol. The van der Waals surface area contributed by atoms with Gasteiger partial charge < -0.3 is 19.7 Å². The smallest absolute Gasteiger partial charge is 0.410 e. The van der Waals surface area contributed by atoms with E-state index in [2.05, 4.69) is 0 Å². The van der Waals surface area contributed by atoms with Gasteiger partial charge in [0.15, 0.2) is 0 Å². The van der Waals surface area contributed by atoms with Gasteiger partial charge in [-0.05, 0) is 20.8 Å². The molecule has 1 aliphatic rings. The number of nitrogens with zero attached hydrogens (tertiary/aromatic N) is 1. The minimum absolute atomic E-state index is 0.165. The molecule has 1 heterocycles. The molecule has 1 rings (SSSR count). The fraction of sp³-hybridized carbons (Fsp3) is 0.818. The Morgan fingerprint density at radius 2 is 1.94 bits per heavy atom. The van der Waals surface area contributed by atoms with Crippen molar-refractivity contribution in [2.75, 3.05) is 13.7 Å². The fourth-order valence-electron chi connectivity index (χ4n) is 1.50. The van der Waals surface area contributed by atoms with Gasteiger partial charge in [0, 0.05) is 13.5 Å². The molecule has 17 heavy (non-hydrogen) atoms. The molecule has 100 valence electrons. The molecule has 0 aliphatic carbocycles. The quantitative estimate of drug-likeness (QED) is 0.645. The Morgan fingerprint density at radius 3 is 2.35 bits per heavy atom. The molecule has 2 N–H and O–H groups in total. The summed E-state index contributed by atoms with van der Waals surface area (Å²) in [6, 6.07) is -0.560. The summed E-state index contributed by atoms with van der Waals surface area (Å²) in [7, 11) is 1.00. The molecule has 0 bridgehead atoms. The molecule has 6 heteroatoms. The SMILES string of the molecule is CC(C)(C)OC(=O)N1CC(O)CC1C=O.CO. The van der Waals surface area contributed by atoms with E-state index in [1.165, 1.54) is 4.90 Å². The highest BCUT2D eigenvalue weighted by atomic mass is 16.6. The van der Waals surface area contributed by atoms with E-state index in [0.717, 1.165) is 7.11 Å². The minimum atomic E-state index is -0.632. The molecular formula is C11H21NO5. The Morgan fingerprint density at radius 1 is 1.41 bits per heavy atom. The molecule has 1 amide bonds. The zero-order valence-corrected chi connectivity index (χ0v) is 10.7. The van der Waals surface area contributed by atoms with Crippen LogP contribution in [0.1, 0.15) is 27.2 Å². The zero-order valence-electron chi connectivity index (χ0n) is 10.7. The first kappa shape index (κ1) is 15.9. The molecule has 1 fully saturated rings. The maximum absolute atomic E-state index is 11.6. The maximum Gasteiger partial charge on any atom is 0.410 e. The number of hydrogen-bond acceptors (Lipinski definition) is 5. The largest absolute Gasteiger partial charge is 0.444 e. The number of aliphatic hydroxyl groups is 2. The van der Waals surface area contributed by atoms with E-state index < -0.39 is 23.8 Å². The van der Waals surface area contributed by atoms with Crippen LogP contribution in [0.3, 0.4) is 0 Å². The molecule has 0 aromatic rings. The lowest BCUT2D eigenvalue weighted by Crippen LogP contribution is -2.40. The van der Waals surface area contributed by atoms with Crippen LogP contribution >= 0.6 is 0 Å². The lowest BCUT2D eigenvalue weighted by Gasteiger charge is -2.26. The van der Waals surface area contributed by atoms with E-state index >= 15 is 0 Å². The molecule has 1 aliphatic heterocycles. The van der Waals surface area contributed by atoms with Gasteiger partial charge in [-0.1, -0.05) is 0 Å². The van der Waals surface area contributed by atoms with Crippen molar-refractivity contribution in [1.29, 1.82) is 0 Å². The Balaban J connectivity index is 0.00000121. The van der Waals surface area contributed by atoms with Crippen LogP contribution in [0.4, 0.5) is 4.79 Å². The van der Waals surface area contributed by atoms with E-state index in [4.69, 9.17) is 9.84 Å². The van der Waals surface area contributed by atoms with Crippen molar-refractivity contribution in [3.63, 3.8) is 0 Å². The summed E-state index contributed by atoms with van der Waals surface area (Å²) in [6.07, 6.45) is -0.216. The van der Waals surface area contributed by atoms with Crippen LogP contribution in [0.25, 0.3) is 0 Å². The Kier molecular flexibility index (Phi) is 6.12. The summed E-state index contributed by atoms with van der Waals surface area (Å²) in [6.45, 7) is 5.44. The lowest BCUT2D eigenvalue weighted by molar-refractivity contribution is -0.111. The number of likely N-dealkylation sites (tertiary alicyclic amines) is 1. The Bertz CT molecular complexity index is 261. The topological polar surface area (TPSA) is 87.1 Å². The van der Waals surface area contributed by atoms with Crippen LogP contribution in [-0.2, 0) is 9.53 Å². The standard InChI is InChI=1S/C10H17NO4.CH4O/c1-10(2,3)15-9(14)11-5-8(13)4-7(11)6-12;1-2/h6-8,13H,4-5H2,1-3H3;2H,1H3. The van der Waals surface area contributed by atoms with Gasteiger partial charge in [-0.15, -0.1) is 0 Å². The lowest BCUT2D eigenvalue weighted by atomic mass is 10.2. The van der Waals surface area contributed by atoms with Gasteiger partial charge in [-0.2, -0.15) is 0 Å². The average Bonchev–Trinajstić information content (AvgIpc) is 2.60. The number of rotatable bonds is 1. The number of ether oxygens (including phenoxy) is 1. The van der Waals surface area contributed by atoms with Crippen LogP contribution in [0, 0.1) is 0 Å². The van der Waals surface area contributed by atoms with E-state index in [0.29, 0.717) is 12.7 Å². The van der Waals surface area contributed by atoms with Crippen molar-refractivity contribution in [2.24, 2.45) is 0 Å². The maximum atomic E-state index is 11.6. The third kappa shape index (κ3) is 5.14.